The van der Waals surface area contributed by atoms with Gasteiger partial charge in [-0.25, -0.2) is 0 Å². The van der Waals surface area contributed by atoms with E-state index in [4.69, 9.17) is 0 Å². The molecule has 0 saturated carbocycles. The summed E-state index contributed by atoms with van der Waals surface area (Å²) in [5.74, 6) is 0.548. The van der Waals surface area contributed by atoms with Crippen LogP contribution in [0, 0.1) is 5.92 Å². The van der Waals surface area contributed by atoms with E-state index in [1.165, 1.54) is 0 Å². The van der Waals surface area contributed by atoms with Crippen molar-refractivity contribution in [1.82, 2.24) is 20.2 Å². The quantitative estimate of drug-likeness (QED) is 0.850. The van der Waals surface area contributed by atoms with E-state index in [9.17, 15) is 5.11 Å². The molecule has 1 aliphatic rings. The average molecular weight is 326 g/mol. The van der Waals surface area contributed by atoms with Crippen LogP contribution in [0.2, 0.25) is 0 Å². The van der Waals surface area contributed by atoms with Crippen LogP contribution >= 0.6 is 0 Å². The van der Waals surface area contributed by atoms with E-state index in [1.807, 2.05) is 30.5 Å². The Labute approximate surface area is 143 Å². The minimum absolute atomic E-state index is 0.446. The summed E-state index contributed by atoms with van der Waals surface area (Å²) in [6.45, 7) is 5.89. The Hall–Kier alpha value is -1.82. The van der Waals surface area contributed by atoms with Crippen molar-refractivity contribution in [2.75, 3.05) is 19.6 Å². The maximum atomic E-state index is 10.3. The number of piperidine rings is 1. The summed E-state index contributed by atoms with van der Waals surface area (Å²) >= 11 is 0. The van der Waals surface area contributed by atoms with E-state index in [1.54, 1.807) is 12.4 Å². The molecule has 128 valence electrons. The second-order valence-electron chi connectivity index (χ2n) is 6.63. The van der Waals surface area contributed by atoms with Crippen molar-refractivity contribution in [2.45, 2.75) is 32.0 Å². The number of aromatic nitrogens is 2. The van der Waals surface area contributed by atoms with Crippen LogP contribution in [0.1, 0.15) is 30.7 Å². The number of hydrogen-bond acceptors (Lipinski definition) is 5. The van der Waals surface area contributed by atoms with Crippen LogP contribution in [-0.2, 0) is 6.54 Å². The number of aliphatic hydroxyl groups excluding tert-OH is 1. The van der Waals surface area contributed by atoms with Crippen LogP contribution in [0.25, 0.3) is 0 Å². The largest absolute Gasteiger partial charge is 0.387 e. The molecule has 0 spiro atoms. The molecule has 2 aromatic heterocycles. The molecule has 2 N–H and O–H groups in total. The van der Waals surface area contributed by atoms with Crippen LogP contribution in [0.3, 0.4) is 0 Å². The summed E-state index contributed by atoms with van der Waals surface area (Å²) in [6, 6.07) is 10.3. The molecular formula is C19H26N4O. The van der Waals surface area contributed by atoms with Gasteiger partial charge in [0.15, 0.2) is 0 Å². The first-order valence-corrected chi connectivity index (χ1v) is 8.66. The van der Waals surface area contributed by atoms with Crippen LogP contribution in [0.4, 0.5) is 0 Å². The molecule has 5 nitrogen and oxygen atoms in total. The van der Waals surface area contributed by atoms with E-state index in [2.05, 4.69) is 33.2 Å². The first-order chi connectivity index (χ1) is 11.7. The van der Waals surface area contributed by atoms with Crippen molar-refractivity contribution in [3.05, 3.63) is 60.2 Å². The lowest BCUT2D eigenvalue weighted by molar-refractivity contribution is 0.119. The fraction of sp³-hybridized carbons (Fsp3) is 0.474. The number of rotatable bonds is 6. The van der Waals surface area contributed by atoms with E-state index >= 15 is 0 Å². The fourth-order valence-electron chi connectivity index (χ4n) is 3.37. The summed E-state index contributed by atoms with van der Waals surface area (Å²) in [4.78, 5) is 10.9. The minimum Gasteiger partial charge on any atom is -0.387 e. The van der Waals surface area contributed by atoms with Crippen LogP contribution < -0.4 is 5.32 Å². The summed E-state index contributed by atoms with van der Waals surface area (Å²) < 4.78 is 0. The Morgan fingerprint density at radius 3 is 2.79 bits per heavy atom. The predicted molar refractivity (Wildman–Crippen MR) is 94.3 cm³/mol. The minimum atomic E-state index is -0.480. The van der Waals surface area contributed by atoms with Crippen molar-refractivity contribution in [2.24, 2.45) is 5.92 Å². The van der Waals surface area contributed by atoms with E-state index in [0.29, 0.717) is 18.5 Å². The molecule has 2 aromatic rings. The molecule has 0 aliphatic carbocycles. The Morgan fingerprint density at radius 1 is 1.25 bits per heavy atom. The maximum Gasteiger partial charge on any atom is 0.0915 e. The average Bonchev–Trinajstić information content (AvgIpc) is 2.62. The summed E-state index contributed by atoms with van der Waals surface area (Å²) in [6.07, 6.45) is 5.91. The molecule has 1 saturated heterocycles. The number of pyridine rings is 2. The van der Waals surface area contributed by atoms with Crippen molar-refractivity contribution < 1.29 is 5.11 Å². The molecule has 0 radical (unpaired) electrons. The molecule has 1 fully saturated rings. The van der Waals surface area contributed by atoms with Gasteiger partial charge in [0.25, 0.3) is 0 Å². The van der Waals surface area contributed by atoms with Gasteiger partial charge in [-0.2, -0.15) is 0 Å². The third-order valence-electron chi connectivity index (χ3n) is 4.77. The second-order valence-corrected chi connectivity index (χ2v) is 6.63. The topological polar surface area (TPSA) is 61.3 Å². The van der Waals surface area contributed by atoms with E-state index in [-0.39, 0.29) is 0 Å². The third-order valence-corrected chi connectivity index (χ3v) is 4.77. The Balaban J connectivity index is 1.46. The van der Waals surface area contributed by atoms with Gasteiger partial charge in [-0.15, -0.1) is 0 Å². The first-order valence-electron chi connectivity index (χ1n) is 8.66. The van der Waals surface area contributed by atoms with Gasteiger partial charge in [0.05, 0.1) is 11.8 Å². The van der Waals surface area contributed by atoms with E-state index in [0.717, 1.165) is 37.3 Å². The van der Waals surface area contributed by atoms with Gasteiger partial charge in [0, 0.05) is 50.8 Å². The number of nitrogens with zero attached hydrogens (tertiary/aromatic N) is 3. The lowest BCUT2D eigenvalue weighted by Gasteiger charge is -2.37. The van der Waals surface area contributed by atoms with E-state index < -0.39 is 6.10 Å². The molecule has 0 amide bonds. The zero-order valence-electron chi connectivity index (χ0n) is 14.2. The third kappa shape index (κ3) is 4.60. The zero-order chi connectivity index (χ0) is 16.8. The SMILES string of the molecule is CC1CN(Cc2ccccn2)CCC1NCC(O)c1ccncc1. The number of likely N-dealkylation sites (tertiary alicyclic amines) is 1. The van der Waals surface area contributed by atoms with Gasteiger partial charge in [-0.1, -0.05) is 13.0 Å². The zero-order valence-corrected chi connectivity index (χ0v) is 14.2. The molecule has 1 aliphatic heterocycles. The van der Waals surface area contributed by atoms with Crippen LogP contribution in [0.15, 0.2) is 48.9 Å². The van der Waals surface area contributed by atoms with Crippen molar-refractivity contribution in [3.63, 3.8) is 0 Å². The Kier molecular flexibility index (Phi) is 5.91. The Morgan fingerprint density at radius 2 is 2.08 bits per heavy atom. The molecule has 24 heavy (non-hydrogen) atoms. The normalized spacial score (nSPS) is 23.1. The predicted octanol–water partition coefficient (Wildman–Crippen LogP) is 2.01. The van der Waals surface area contributed by atoms with Gasteiger partial charge >= 0.3 is 0 Å². The number of nitrogens with one attached hydrogen (secondary N) is 1. The number of hydrogen-bond donors (Lipinski definition) is 2. The van der Waals surface area contributed by atoms with Crippen LogP contribution in [0.5, 0.6) is 0 Å². The molecule has 3 unspecified atom stereocenters. The molecule has 3 rings (SSSR count). The van der Waals surface area contributed by atoms with Crippen LogP contribution in [-0.4, -0.2) is 45.7 Å². The standard InChI is InChI=1S/C19H26N4O/c1-15-13-23(14-17-4-2-3-8-21-17)11-7-18(15)22-12-19(24)16-5-9-20-10-6-16/h2-6,8-10,15,18-19,22,24H,7,11-14H2,1H3. The summed E-state index contributed by atoms with van der Waals surface area (Å²) in [5, 5.41) is 13.8. The van der Waals surface area contributed by atoms with Gasteiger partial charge in [0.2, 0.25) is 0 Å². The van der Waals surface area contributed by atoms with Gasteiger partial charge in [0.1, 0.15) is 0 Å². The molecular weight excluding hydrogens is 300 g/mol. The second kappa shape index (κ2) is 8.33. The maximum absolute atomic E-state index is 10.3. The summed E-state index contributed by atoms with van der Waals surface area (Å²) in [5.41, 5.74) is 2.04. The molecule has 3 atom stereocenters. The number of aliphatic hydroxyl groups is 1. The summed E-state index contributed by atoms with van der Waals surface area (Å²) in [7, 11) is 0. The van der Waals surface area contributed by atoms with Gasteiger partial charge < -0.3 is 10.4 Å². The highest BCUT2D eigenvalue weighted by Crippen LogP contribution is 2.19. The van der Waals surface area contributed by atoms with Gasteiger partial charge in [-0.05, 0) is 42.2 Å². The monoisotopic (exact) mass is 326 g/mol. The lowest BCUT2D eigenvalue weighted by atomic mass is 9.93. The lowest BCUT2D eigenvalue weighted by Crippen LogP contribution is -2.48. The first kappa shape index (κ1) is 17.0. The van der Waals surface area contributed by atoms with Crippen molar-refractivity contribution >= 4 is 0 Å². The molecule has 0 bridgehead atoms. The molecule has 0 aromatic carbocycles. The van der Waals surface area contributed by atoms with Gasteiger partial charge in [-0.3, -0.25) is 14.9 Å². The Bertz CT molecular complexity index is 607. The highest BCUT2D eigenvalue weighted by Gasteiger charge is 2.26. The highest BCUT2D eigenvalue weighted by molar-refractivity contribution is 5.13. The molecule has 3 heterocycles. The smallest absolute Gasteiger partial charge is 0.0915 e. The molecule has 5 heteroatoms. The van der Waals surface area contributed by atoms with Crippen molar-refractivity contribution in [1.29, 1.82) is 0 Å². The highest BCUT2D eigenvalue weighted by atomic mass is 16.3. The van der Waals surface area contributed by atoms with Crippen molar-refractivity contribution in [3.8, 4) is 0 Å². The fourth-order valence-corrected chi connectivity index (χ4v) is 3.37.